The van der Waals surface area contributed by atoms with E-state index < -0.39 is 0 Å². The Bertz CT molecular complexity index is 224. The van der Waals surface area contributed by atoms with E-state index in [1.54, 1.807) is 0 Å². The zero-order chi connectivity index (χ0) is 9.10. The van der Waals surface area contributed by atoms with Gasteiger partial charge in [-0.3, -0.25) is 0 Å². The molecule has 4 aliphatic rings. The zero-order valence-electron chi connectivity index (χ0n) is 7.93. The first-order valence-corrected chi connectivity index (χ1v) is 6.54. The molecule has 74 valence electrons. The van der Waals surface area contributed by atoms with E-state index in [2.05, 4.69) is 15.9 Å². The van der Waals surface area contributed by atoms with Gasteiger partial charge in [0.1, 0.15) is 0 Å². The highest BCUT2D eigenvalue weighted by Crippen LogP contribution is 2.61. The van der Waals surface area contributed by atoms with Crippen molar-refractivity contribution in [2.24, 2.45) is 17.3 Å². The lowest BCUT2D eigenvalue weighted by Crippen LogP contribution is -2.56. The highest BCUT2D eigenvalue weighted by atomic mass is 79.9. The molecule has 0 amide bonds. The Labute approximate surface area is 88.0 Å². The summed E-state index contributed by atoms with van der Waals surface area (Å²) >= 11 is 3.65. The Morgan fingerprint density at radius 1 is 1.15 bits per heavy atom. The first-order chi connectivity index (χ1) is 6.13. The molecule has 0 spiro atoms. The van der Waals surface area contributed by atoms with E-state index in [1.807, 2.05) is 0 Å². The molecule has 0 aromatic carbocycles. The molecule has 4 aliphatic carbocycles. The minimum atomic E-state index is -0.266. The lowest BCUT2D eigenvalue weighted by atomic mass is 9.48. The first-order valence-electron chi connectivity index (χ1n) is 5.42. The van der Waals surface area contributed by atoms with Crippen molar-refractivity contribution in [3.63, 3.8) is 0 Å². The number of hydrogen-bond acceptors (Lipinski definition) is 1. The van der Waals surface area contributed by atoms with Gasteiger partial charge >= 0.3 is 0 Å². The fourth-order valence-electron chi connectivity index (χ4n) is 4.56. The van der Waals surface area contributed by atoms with Crippen molar-refractivity contribution in [2.75, 3.05) is 5.33 Å². The first kappa shape index (κ1) is 8.72. The molecule has 1 N–H and O–H groups in total. The van der Waals surface area contributed by atoms with Crippen molar-refractivity contribution in [3.8, 4) is 0 Å². The van der Waals surface area contributed by atoms with Crippen LogP contribution in [0.5, 0.6) is 0 Å². The SMILES string of the molecule is OC12C[C@H]3C[C@@H](C1)CC(CBr)(C3)C2. The van der Waals surface area contributed by atoms with E-state index in [-0.39, 0.29) is 5.60 Å². The molecule has 2 heteroatoms. The maximum absolute atomic E-state index is 10.4. The third kappa shape index (κ3) is 1.21. The molecule has 4 atom stereocenters. The highest BCUT2D eigenvalue weighted by Gasteiger charge is 2.56. The van der Waals surface area contributed by atoms with E-state index in [1.165, 1.54) is 19.3 Å². The summed E-state index contributed by atoms with van der Waals surface area (Å²) in [4.78, 5) is 0. The Morgan fingerprint density at radius 3 is 2.23 bits per heavy atom. The van der Waals surface area contributed by atoms with Crippen LogP contribution in [0.25, 0.3) is 0 Å². The van der Waals surface area contributed by atoms with Gasteiger partial charge in [0.2, 0.25) is 0 Å². The Balaban J connectivity index is 1.95. The smallest absolute Gasteiger partial charge is 0.0658 e. The van der Waals surface area contributed by atoms with Crippen molar-refractivity contribution in [2.45, 2.75) is 44.1 Å². The number of aliphatic hydroxyl groups is 1. The van der Waals surface area contributed by atoms with Gasteiger partial charge in [-0.15, -0.1) is 0 Å². The number of alkyl halides is 1. The Kier molecular flexibility index (Phi) is 1.69. The topological polar surface area (TPSA) is 20.2 Å². The summed E-state index contributed by atoms with van der Waals surface area (Å²) in [5.74, 6) is 1.67. The molecule has 4 bridgehead atoms. The van der Waals surface area contributed by atoms with Crippen molar-refractivity contribution in [3.05, 3.63) is 0 Å². The van der Waals surface area contributed by atoms with Gasteiger partial charge in [-0.1, -0.05) is 15.9 Å². The number of hydrogen-bond donors (Lipinski definition) is 1. The van der Waals surface area contributed by atoms with E-state index >= 15 is 0 Å². The minimum Gasteiger partial charge on any atom is -0.390 e. The second-order valence-electron chi connectivity index (χ2n) is 5.82. The molecular formula is C11H17BrO. The van der Waals surface area contributed by atoms with E-state index in [9.17, 15) is 5.11 Å². The van der Waals surface area contributed by atoms with E-state index in [0.717, 1.165) is 36.4 Å². The Hall–Kier alpha value is 0.440. The summed E-state index contributed by atoms with van der Waals surface area (Å²) in [6.45, 7) is 0. The average molecular weight is 245 g/mol. The third-order valence-electron chi connectivity index (χ3n) is 4.43. The van der Waals surface area contributed by atoms with Crippen LogP contribution >= 0.6 is 15.9 Å². The maximum Gasteiger partial charge on any atom is 0.0658 e. The van der Waals surface area contributed by atoms with Gasteiger partial charge in [0.15, 0.2) is 0 Å². The second-order valence-corrected chi connectivity index (χ2v) is 6.38. The van der Waals surface area contributed by atoms with Crippen LogP contribution in [0.1, 0.15) is 38.5 Å². The van der Waals surface area contributed by atoms with Gasteiger partial charge in [0.05, 0.1) is 5.60 Å². The Morgan fingerprint density at radius 2 is 1.77 bits per heavy atom. The van der Waals surface area contributed by atoms with Gasteiger partial charge in [-0.25, -0.2) is 0 Å². The predicted molar refractivity (Wildman–Crippen MR) is 55.9 cm³/mol. The monoisotopic (exact) mass is 244 g/mol. The zero-order valence-corrected chi connectivity index (χ0v) is 9.52. The van der Waals surface area contributed by atoms with Crippen LogP contribution in [-0.2, 0) is 0 Å². The largest absolute Gasteiger partial charge is 0.390 e. The molecule has 13 heavy (non-hydrogen) atoms. The van der Waals surface area contributed by atoms with Crippen LogP contribution in [0, 0.1) is 17.3 Å². The molecule has 0 heterocycles. The summed E-state index contributed by atoms with van der Waals surface area (Å²) in [6, 6.07) is 0. The molecule has 4 fully saturated rings. The molecule has 4 saturated carbocycles. The van der Waals surface area contributed by atoms with Crippen molar-refractivity contribution >= 4 is 15.9 Å². The lowest BCUT2D eigenvalue weighted by Gasteiger charge is -2.60. The van der Waals surface area contributed by atoms with E-state index in [4.69, 9.17) is 0 Å². The molecular weight excluding hydrogens is 228 g/mol. The summed E-state index contributed by atoms with van der Waals surface area (Å²) in [5.41, 5.74) is 0.205. The average Bonchev–Trinajstić information content (AvgIpc) is 1.99. The molecule has 0 aliphatic heterocycles. The molecule has 2 unspecified atom stereocenters. The normalized spacial score (nSPS) is 58.6. The summed E-state index contributed by atoms with van der Waals surface area (Å²) in [5, 5.41) is 11.5. The highest BCUT2D eigenvalue weighted by molar-refractivity contribution is 9.09. The van der Waals surface area contributed by atoms with E-state index in [0.29, 0.717) is 5.41 Å². The second kappa shape index (κ2) is 2.52. The summed E-state index contributed by atoms with van der Waals surface area (Å²) < 4.78 is 0. The maximum atomic E-state index is 10.4. The van der Waals surface area contributed by atoms with Gasteiger partial charge in [-0.05, 0) is 55.8 Å². The number of halogens is 1. The summed E-state index contributed by atoms with van der Waals surface area (Å²) in [7, 11) is 0. The fourth-order valence-corrected chi connectivity index (χ4v) is 5.21. The minimum absolute atomic E-state index is 0.266. The van der Waals surface area contributed by atoms with Crippen LogP contribution in [-0.4, -0.2) is 16.0 Å². The van der Waals surface area contributed by atoms with Gasteiger partial charge in [-0.2, -0.15) is 0 Å². The molecule has 0 aromatic rings. The third-order valence-corrected chi connectivity index (χ3v) is 5.62. The van der Waals surface area contributed by atoms with Crippen molar-refractivity contribution < 1.29 is 5.11 Å². The van der Waals surface area contributed by atoms with Gasteiger partial charge < -0.3 is 5.11 Å². The van der Waals surface area contributed by atoms with Crippen LogP contribution in [0.4, 0.5) is 0 Å². The lowest BCUT2D eigenvalue weighted by molar-refractivity contribution is -0.155. The van der Waals surface area contributed by atoms with Crippen molar-refractivity contribution in [1.29, 1.82) is 0 Å². The predicted octanol–water partition coefficient (Wildman–Crippen LogP) is 2.71. The van der Waals surface area contributed by atoms with Crippen LogP contribution in [0.3, 0.4) is 0 Å². The van der Waals surface area contributed by atoms with Gasteiger partial charge in [0.25, 0.3) is 0 Å². The fraction of sp³-hybridized carbons (Fsp3) is 1.00. The molecule has 1 nitrogen and oxygen atoms in total. The number of rotatable bonds is 1. The van der Waals surface area contributed by atoms with Crippen LogP contribution in [0.15, 0.2) is 0 Å². The van der Waals surface area contributed by atoms with Crippen LogP contribution < -0.4 is 0 Å². The summed E-state index contributed by atoms with van der Waals surface area (Å²) in [6.07, 6.45) is 7.40. The molecule has 0 radical (unpaired) electrons. The standard InChI is InChI=1S/C11H17BrO/c12-7-10-2-8-1-9(3-10)5-11(13,4-8)6-10/h8-9,13H,1-7H2/t8-,9+,10?,11?. The van der Waals surface area contributed by atoms with Crippen molar-refractivity contribution in [1.82, 2.24) is 0 Å². The quantitative estimate of drug-likeness (QED) is 0.704. The molecule has 4 rings (SSSR count). The molecule has 0 aromatic heterocycles. The van der Waals surface area contributed by atoms with Gasteiger partial charge in [0, 0.05) is 5.33 Å². The molecule has 0 saturated heterocycles. The van der Waals surface area contributed by atoms with Crippen LogP contribution in [0.2, 0.25) is 0 Å².